The Morgan fingerprint density at radius 1 is 1.00 bits per heavy atom. The highest BCUT2D eigenvalue weighted by Crippen LogP contribution is 2.42. The monoisotopic (exact) mass is 264 g/mol. The van der Waals surface area contributed by atoms with Gasteiger partial charge in [0.2, 0.25) is 0 Å². The van der Waals surface area contributed by atoms with Crippen LogP contribution >= 0.6 is 0 Å². The normalized spacial score (nSPS) is 41.3. The van der Waals surface area contributed by atoms with Gasteiger partial charge in [-0.2, -0.15) is 0 Å². The first kappa shape index (κ1) is 13.6. The van der Waals surface area contributed by atoms with Crippen LogP contribution in [0.1, 0.15) is 39.5 Å². The van der Waals surface area contributed by atoms with Crippen molar-refractivity contribution in [1.29, 1.82) is 0 Å². The van der Waals surface area contributed by atoms with Crippen molar-refractivity contribution < 1.29 is 9.80 Å². The van der Waals surface area contributed by atoms with Gasteiger partial charge >= 0.3 is 0 Å². The molecule has 2 heteroatoms. The number of quaternary nitrogens is 2. The van der Waals surface area contributed by atoms with Gasteiger partial charge in [0, 0.05) is 5.92 Å². The standard InChI is InChI=1S/C17H30N2/c1-3-17(4-2)19-9-7-18(8-10-19)13-16-12-14-5-6-15(16)11-14/h5-6,14-17H,3-4,7-13H2,1-2H3/p+2/t14-,15+,16-/m1/s1. The molecule has 0 aromatic carbocycles. The van der Waals surface area contributed by atoms with Gasteiger partial charge in [0.25, 0.3) is 0 Å². The van der Waals surface area contributed by atoms with Crippen LogP contribution in [-0.2, 0) is 0 Å². The molecule has 0 amide bonds. The predicted molar refractivity (Wildman–Crippen MR) is 79.5 cm³/mol. The topological polar surface area (TPSA) is 8.88 Å². The number of hydrogen-bond acceptors (Lipinski definition) is 0. The lowest BCUT2D eigenvalue weighted by molar-refractivity contribution is -1.02. The lowest BCUT2D eigenvalue weighted by Gasteiger charge is -2.35. The molecule has 2 aliphatic carbocycles. The Labute approximate surface area is 118 Å². The first-order valence-electron chi connectivity index (χ1n) is 8.66. The fourth-order valence-electron chi connectivity index (χ4n) is 4.90. The van der Waals surface area contributed by atoms with E-state index in [1.54, 1.807) is 0 Å². The Morgan fingerprint density at radius 3 is 2.26 bits per heavy atom. The lowest BCUT2D eigenvalue weighted by atomic mass is 9.93. The fraction of sp³-hybridized carbons (Fsp3) is 0.882. The van der Waals surface area contributed by atoms with Crippen LogP contribution in [0.15, 0.2) is 12.2 Å². The third kappa shape index (κ3) is 2.90. The largest absolute Gasteiger partial charge is 0.325 e. The first-order chi connectivity index (χ1) is 9.30. The zero-order chi connectivity index (χ0) is 13.2. The summed E-state index contributed by atoms with van der Waals surface area (Å²) < 4.78 is 0. The van der Waals surface area contributed by atoms with Crippen LogP contribution in [0.4, 0.5) is 0 Å². The summed E-state index contributed by atoms with van der Waals surface area (Å²) in [6, 6.07) is 0.923. The number of allylic oxidation sites excluding steroid dienone is 2. The van der Waals surface area contributed by atoms with Gasteiger partial charge in [0.15, 0.2) is 0 Å². The second-order valence-corrected chi connectivity index (χ2v) is 7.17. The molecule has 0 unspecified atom stereocenters. The molecular formula is C17H32N2+2. The molecule has 0 aromatic rings. The van der Waals surface area contributed by atoms with Crippen molar-refractivity contribution in [2.75, 3.05) is 32.7 Å². The molecule has 3 atom stereocenters. The fourth-order valence-corrected chi connectivity index (χ4v) is 4.90. The Kier molecular flexibility index (Phi) is 4.28. The molecule has 19 heavy (non-hydrogen) atoms. The van der Waals surface area contributed by atoms with E-state index in [0.717, 1.165) is 23.8 Å². The maximum absolute atomic E-state index is 2.52. The Bertz CT molecular complexity index is 313. The molecule has 1 saturated heterocycles. The van der Waals surface area contributed by atoms with Crippen molar-refractivity contribution in [3.05, 3.63) is 12.2 Å². The van der Waals surface area contributed by atoms with Gasteiger partial charge in [-0.25, -0.2) is 0 Å². The molecule has 108 valence electrons. The highest BCUT2D eigenvalue weighted by molar-refractivity contribution is 5.09. The van der Waals surface area contributed by atoms with Crippen molar-refractivity contribution in [2.45, 2.75) is 45.6 Å². The minimum Gasteiger partial charge on any atom is -0.325 e. The molecule has 0 radical (unpaired) electrons. The third-order valence-electron chi connectivity index (χ3n) is 6.13. The van der Waals surface area contributed by atoms with Gasteiger partial charge in [-0.1, -0.05) is 26.0 Å². The minimum absolute atomic E-state index is 0.923. The van der Waals surface area contributed by atoms with E-state index in [1.165, 1.54) is 58.4 Å². The van der Waals surface area contributed by atoms with E-state index in [4.69, 9.17) is 0 Å². The van der Waals surface area contributed by atoms with Gasteiger partial charge in [0.1, 0.15) is 26.2 Å². The second-order valence-electron chi connectivity index (χ2n) is 7.17. The summed E-state index contributed by atoms with van der Waals surface area (Å²) in [6.07, 6.45) is 10.7. The van der Waals surface area contributed by atoms with Crippen LogP contribution < -0.4 is 9.80 Å². The molecule has 3 rings (SSSR count). The maximum Gasteiger partial charge on any atom is 0.127 e. The molecule has 2 bridgehead atoms. The molecule has 0 aromatic heterocycles. The number of rotatable bonds is 5. The third-order valence-corrected chi connectivity index (χ3v) is 6.13. The number of hydrogen-bond donors (Lipinski definition) is 2. The van der Waals surface area contributed by atoms with Crippen molar-refractivity contribution >= 4 is 0 Å². The Balaban J connectivity index is 1.44. The Hall–Kier alpha value is -0.340. The van der Waals surface area contributed by atoms with Crippen LogP contribution in [0.3, 0.4) is 0 Å². The number of piperazine rings is 1. The van der Waals surface area contributed by atoms with Crippen molar-refractivity contribution in [2.24, 2.45) is 17.8 Å². The van der Waals surface area contributed by atoms with Crippen LogP contribution in [-0.4, -0.2) is 38.8 Å². The van der Waals surface area contributed by atoms with Crippen molar-refractivity contribution in [3.8, 4) is 0 Å². The molecule has 1 saturated carbocycles. The summed E-state index contributed by atoms with van der Waals surface area (Å²) in [5.74, 6) is 2.91. The van der Waals surface area contributed by atoms with Gasteiger partial charge in [-0.05, 0) is 37.5 Å². The zero-order valence-corrected chi connectivity index (χ0v) is 12.8. The van der Waals surface area contributed by atoms with Gasteiger partial charge in [-0.15, -0.1) is 0 Å². The lowest BCUT2D eigenvalue weighted by Crippen LogP contribution is -3.29. The van der Waals surface area contributed by atoms with Crippen LogP contribution in [0.5, 0.6) is 0 Å². The quantitative estimate of drug-likeness (QED) is 0.655. The minimum atomic E-state index is 0.923. The molecule has 2 nitrogen and oxygen atoms in total. The predicted octanol–water partition coefficient (Wildman–Crippen LogP) is 0.171. The van der Waals surface area contributed by atoms with E-state index in [0.29, 0.717) is 0 Å². The summed E-state index contributed by atoms with van der Waals surface area (Å²) in [4.78, 5) is 3.79. The summed E-state index contributed by atoms with van der Waals surface area (Å²) in [5.41, 5.74) is 0. The van der Waals surface area contributed by atoms with E-state index >= 15 is 0 Å². The van der Waals surface area contributed by atoms with E-state index in [1.807, 2.05) is 9.80 Å². The molecule has 0 spiro atoms. The van der Waals surface area contributed by atoms with E-state index in [2.05, 4.69) is 26.0 Å². The number of fused-ring (bicyclic) bond motifs is 2. The van der Waals surface area contributed by atoms with E-state index in [9.17, 15) is 0 Å². The second kappa shape index (κ2) is 5.97. The Morgan fingerprint density at radius 2 is 1.74 bits per heavy atom. The zero-order valence-electron chi connectivity index (χ0n) is 12.8. The average Bonchev–Trinajstić information content (AvgIpc) is 3.04. The van der Waals surface area contributed by atoms with Gasteiger partial charge < -0.3 is 9.80 Å². The maximum atomic E-state index is 2.52. The highest BCUT2D eigenvalue weighted by Gasteiger charge is 2.38. The molecule has 2 fully saturated rings. The van der Waals surface area contributed by atoms with Crippen LogP contribution in [0.2, 0.25) is 0 Å². The highest BCUT2D eigenvalue weighted by atomic mass is 15.3. The summed E-state index contributed by atoms with van der Waals surface area (Å²) in [6.45, 7) is 11.9. The average molecular weight is 264 g/mol. The molecule has 2 N–H and O–H groups in total. The smallest absolute Gasteiger partial charge is 0.127 e. The van der Waals surface area contributed by atoms with E-state index < -0.39 is 0 Å². The summed E-state index contributed by atoms with van der Waals surface area (Å²) >= 11 is 0. The molecular weight excluding hydrogens is 232 g/mol. The van der Waals surface area contributed by atoms with E-state index in [-0.39, 0.29) is 0 Å². The van der Waals surface area contributed by atoms with Crippen LogP contribution in [0, 0.1) is 17.8 Å². The van der Waals surface area contributed by atoms with Crippen molar-refractivity contribution in [1.82, 2.24) is 0 Å². The molecule has 3 aliphatic rings. The van der Waals surface area contributed by atoms with Gasteiger partial charge in [0.05, 0.1) is 12.6 Å². The summed E-state index contributed by atoms with van der Waals surface area (Å²) in [5, 5.41) is 0. The molecule has 1 aliphatic heterocycles. The van der Waals surface area contributed by atoms with Gasteiger partial charge in [-0.3, -0.25) is 0 Å². The van der Waals surface area contributed by atoms with Crippen LogP contribution in [0.25, 0.3) is 0 Å². The first-order valence-corrected chi connectivity index (χ1v) is 8.66. The molecule has 1 heterocycles. The SMILES string of the molecule is CCC(CC)[NH+]1CC[NH+](C[C@H]2C[C@@H]3C=C[C@H]2C3)CC1. The summed E-state index contributed by atoms with van der Waals surface area (Å²) in [7, 11) is 0. The number of nitrogens with one attached hydrogen (secondary N) is 2. The van der Waals surface area contributed by atoms with Crippen molar-refractivity contribution in [3.63, 3.8) is 0 Å².